The molecule has 8 heteroatoms. The molecule has 4 rings (SSSR count). The lowest BCUT2D eigenvalue weighted by Crippen LogP contribution is -2.62. The number of carbonyl (C=O) groups excluding carboxylic acids is 4. The molecule has 1 saturated heterocycles. The van der Waals surface area contributed by atoms with Gasteiger partial charge in [-0.3, -0.25) is 24.1 Å². The van der Waals surface area contributed by atoms with Crippen LogP contribution in [0.3, 0.4) is 0 Å². The van der Waals surface area contributed by atoms with Gasteiger partial charge in [-0.05, 0) is 44.9 Å². The van der Waals surface area contributed by atoms with E-state index in [1.807, 2.05) is 43.3 Å². The molecule has 8 nitrogen and oxygen atoms in total. The Morgan fingerprint density at radius 3 is 2.46 bits per heavy atom. The van der Waals surface area contributed by atoms with Crippen LogP contribution in [0.15, 0.2) is 54.6 Å². The number of benzene rings is 2. The lowest BCUT2D eigenvalue weighted by atomic mass is 9.98. The van der Waals surface area contributed by atoms with Crippen molar-refractivity contribution in [3.8, 4) is 0 Å². The molecule has 0 bridgehead atoms. The average Bonchev–Trinajstić information content (AvgIpc) is 3.13. The molecule has 0 radical (unpaired) electrons. The fourth-order valence-corrected chi connectivity index (χ4v) is 4.94. The van der Waals surface area contributed by atoms with Crippen molar-refractivity contribution in [3.63, 3.8) is 0 Å². The van der Waals surface area contributed by atoms with Crippen LogP contribution >= 0.6 is 0 Å². The Kier molecular flexibility index (Phi) is 6.91. The summed E-state index contributed by atoms with van der Waals surface area (Å²) in [6.45, 7) is 5.58. The Hall–Kier alpha value is -3.68. The topological polar surface area (TPSA) is 96.0 Å². The molecule has 2 aliphatic heterocycles. The van der Waals surface area contributed by atoms with Gasteiger partial charge in [0.2, 0.25) is 11.8 Å². The molecule has 1 N–H and O–H groups in total. The van der Waals surface area contributed by atoms with Crippen molar-refractivity contribution in [1.82, 2.24) is 10.2 Å². The number of hydrogen-bond donors (Lipinski definition) is 1. The van der Waals surface area contributed by atoms with Gasteiger partial charge >= 0.3 is 5.97 Å². The van der Waals surface area contributed by atoms with E-state index in [0.717, 1.165) is 5.56 Å². The molecule has 2 heterocycles. The van der Waals surface area contributed by atoms with Crippen LogP contribution in [0.4, 0.5) is 5.69 Å². The van der Waals surface area contributed by atoms with Crippen LogP contribution in [-0.4, -0.2) is 46.9 Å². The van der Waals surface area contributed by atoms with E-state index < -0.39 is 17.7 Å². The lowest BCUT2D eigenvalue weighted by molar-refractivity contribution is -0.148. The number of para-hydroxylation sites is 1. The largest absolute Gasteiger partial charge is 0.463 e. The highest BCUT2D eigenvalue weighted by Crippen LogP contribution is 2.43. The maximum atomic E-state index is 13.4. The van der Waals surface area contributed by atoms with E-state index in [1.54, 1.807) is 41.8 Å². The summed E-state index contributed by atoms with van der Waals surface area (Å²) in [6, 6.07) is 15.8. The molecular weight excluding hydrogens is 446 g/mol. The van der Waals surface area contributed by atoms with Crippen LogP contribution in [0.25, 0.3) is 0 Å². The first-order valence-electron chi connectivity index (χ1n) is 12.0. The van der Waals surface area contributed by atoms with Crippen molar-refractivity contribution in [2.24, 2.45) is 0 Å². The highest BCUT2D eigenvalue weighted by atomic mass is 16.5. The van der Waals surface area contributed by atoms with Crippen molar-refractivity contribution >= 4 is 29.4 Å². The third-order valence-electron chi connectivity index (χ3n) is 6.58. The van der Waals surface area contributed by atoms with Gasteiger partial charge in [0.1, 0.15) is 5.66 Å². The van der Waals surface area contributed by atoms with Gasteiger partial charge in [-0.15, -0.1) is 0 Å². The molecule has 3 amide bonds. The lowest BCUT2D eigenvalue weighted by Gasteiger charge is -2.48. The molecule has 0 spiro atoms. The molecule has 2 aromatic carbocycles. The van der Waals surface area contributed by atoms with Gasteiger partial charge in [0.15, 0.2) is 0 Å². The van der Waals surface area contributed by atoms with Crippen LogP contribution in [0, 0.1) is 0 Å². The number of amides is 3. The molecule has 184 valence electrons. The van der Waals surface area contributed by atoms with Crippen molar-refractivity contribution in [2.45, 2.75) is 64.3 Å². The minimum absolute atomic E-state index is 0.00392. The maximum Gasteiger partial charge on any atom is 0.308 e. The van der Waals surface area contributed by atoms with Gasteiger partial charge in [0, 0.05) is 19.4 Å². The second kappa shape index (κ2) is 9.90. The minimum atomic E-state index is -0.817. The van der Waals surface area contributed by atoms with E-state index in [1.165, 1.54) is 0 Å². The first-order valence-corrected chi connectivity index (χ1v) is 12.0. The standard InChI is InChI=1S/C27H31N3O5/c1-18(2)35-25(33)17-21(19-9-5-4-6-10-19)28-23(31)14-16-29-26(34)20-11-7-8-12-22(20)30-24(32)13-15-27(29,30)3/h4-12,18,21H,13-17H2,1-3H3,(H,28,31). The van der Waals surface area contributed by atoms with Gasteiger partial charge in [-0.2, -0.15) is 0 Å². The third-order valence-corrected chi connectivity index (χ3v) is 6.58. The number of rotatable bonds is 8. The SMILES string of the molecule is CC(C)OC(=O)CC(NC(=O)CCN1C(=O)c2ccccc2N2C(=O)CCC12C)c1ccccc1. The number of ether oxygens (including phenoxy) is 1. The summed E-state index contributed by atoms with van der Waals surface area (Å²) in [4.78, 5) is 54.7. The third kappa shape index (κ3) is 4.92. The predicted molar refractivity (Wildman–Crippen MR) is 130 cm³/mol. The summed E-state index contributed by atoms with van der Waals surface area (Å²) < 4.78 is 5.28. The summed E-state index contributed by atoms with van der Waals surface area (Å²) in [5, 5.41) is 2.93. The van der Waals surface area contributed by atoms with Crippen molar-refractivity contribution in [2.75, 3.05) is 11.4 Å². The Balaban J connectivity index is 1.49. The van der Waals surface area contributed by atoms with E-state index in [2.05, 4.69) is 5.32 Å². The van der Waals surface area contributed by atoms with Gasteiger partial charge in [0.05, 0.1) is 29.8 Å². The molecule has 2 unspecified atom stereocenters. The molecule has 1 fully saturated rings. The Morgan fingerprint density at radius 2 is 1.74 bits per heavy atom. The number of carbonyl (C=O) groups is 4. The number of nitrogens with zero attached hydrogens (tertiary/aromatic N) is 2. The highest BCUT2D eigenvalue weighted by Gasteiger charge is 2.52. The smallest absolute Gasteiger partial charge is 0.308 e. The van der Waals surface area contributed by atoms with Crippen LogP contribution in [0.5, 0.6) is 0 Å². The molecule has 2 aliphatic rings. The van der Waals surface area contributed by atoms with Gasteiger partial charge < -0.3 is 15.0 Å². The maximum absolute atomic E-state index is 13.4. The summed E-state index contributed by atoms with van der Waals surface area (Å²) >= 11 is 0. The molecular formula is C27H31N3O5. The molecule has 0 aromatic heterocycles. The Labute approximate surface area is 205 Å². The van der Waals surface area contributed by atoms with E-state index in [-0.39, 0.29) is 43.2 Å². The minimum Gasteiger partial charge on any atom is -0.463 e. The van der Waals surface area contributed by atoms with Crippen LogP contribution in [0.2, 0.25) is 0 Å². The van der Waals surface area contributed by atoms with Crippen molar-refractivity contribution < 1.29 is 23.9 Å². The number of hydrogen-bond acceptors (Lipinski definition) is 5. The molecule has 0 aliphatic carbocycles. The molecule has 2 atom stereocenters. The highest BCUT2D eigenvalue weighted by molar-refractivity contribution is 6.10. The second-order valence-electron chi connectivity index (χ2n) is 9.44. The number of anilines is 1. The first-order chi connectivity index (χ1) is 16.7. The van der Waals surface area contributed by atoms with Crippen molar-refractivity contribution in [3.05, 3.63) is 65.7 Å². The van der Waals surface area contributed by atoms with Gasteiger partial charge in [-0.25, -0.2) is 0 Å². The summed E-state index contributed by atoms with van der Waals surface area (Å²) in [5.41, 5.74) is 1.06. The van der Waals surface area contributed by atoms with Gasteiger partial charge in [-0.1, -0.05) is 42.5 Å². The summed E-state index contributed by atoms with van der Waals surface area (Å²) in [7, 11) is 0. The van der Waals surface area contributed by atoms with E-state index in [4.69, 9.17) is 4.74 Å². The zero-order chi connectivity index (χ0) is 25.2. The zero-order valence-corrected chi connectivity index (χ0v) is 20.3. The monoisotopic (exact) mass is 477 g/mol. The quantitative estimate of drug-likeness (QED) is 0.587. The van der Waals surface area contributed by atoms with E-state index in [0.29, 0.717) is 24.1 Å². The average molecular weight is 478 g/mol. The van der Waals surface area contributed by atoms with Gasteiger partial charge in [0.25, 0.3) is 5.91 Å². The van der Waals surface area contributed by atoms with E-state index >= 15 is 0 Å². The number of esters is 1. The number of fused-ring (bicyclic) bond motifs is 3. The fraction of sp³-hybridized carbons (Fsp3) is 0.407. The van der Waals surface area contributed by atoms with Crippen LogP contribution < -0.4 is 10.2 Å². The fourth-order valence-electron chi connectivity index (χ4n) is 4.94. The van der Waals surface area contributed by atoms with Crippen LogP contribution in [-0.2, 0) is 19.1 Å². The van der Waals surface area contributed by atoms with E-state index in [9.17, 15) is 19.2 Å². The normalized spacial score (nSPS) is 19.9. The summed E-state index contributed by atoms with van der Waals surface area (Å²) in [5.74, 6) is -0.913. The number of nitrogens with one attached hydrogen (secondary N) is 1. The predicted octanol–water partition coefficient (Wildman–Crippen LogP) is 3.57. The van der Waals surface area contributed by atoms with Crippen molar-refractivity contribution in [1.29, 1.82) is 0 Å². The molecule has 0 saturated carbocycles. The Bertz CT molecular complexity index is 1130. The first kappa shape index (κ1) is 24.4. The second-order valence-corrected chi connectivity index (χ2v) is 9.44. The molecule has 2 aromatic rings. The Morgan fingerprint density at radius 1 is 1.06 bits per heavy atom. The van der Waals surface area contributed by atoms with Crippen LogP contribution in [0.1, 0.15) is 68.4 Å². The zero-order valence-electron chi connectivity index (χ0n) is 20.3. The summed E-state index contributed by atoms with van der Waals surface area (Å²) in [6.07, 6.45) is 0.633. The molecule has 35 heavy (non-hydrogen) atoms.